The fourth-order valence-corrected chi connectivity index (χ4v) is 4.37. The molecular weight excluding hydrogens is 554 g/mol. The summed E-state index contributed by atoms with van der Waals surface area (Å²) >= 11 is 6.17. The summed E-state index contributed by atoms with van der Waals surface area (Å²) in [6.07, 6.45) is 5.64. The van der Waals surface area contributed by atoms with E-state index < -0.39 is 18.0 Å². The predicted octanol–water partition coefficient (Wildman–Crippen LogP) is 3.93. The minimum absolute atomic E-state index is 0.139. The molecule has 3 N–H and O–H groups in total. The van der Waals surface area contributed by atoms with Crippen LogP contribution in [0.25, 0.3) is 23.2 Å². The average molecular weight is 578 g/mol. The maximum atomic E-state index is 13.0. The van der Waals surface area contributed by atoms with Crippen LogP contribution in [-0.4, -0.2) is 55.4 Å². The maximum absolute atomic E-state index is 13.0. The van der Waals surface area contributed by atoms with E-state index in [0.29, 0.717) is 52.5 Å². The lowest BCUT2D eigenvalue weighted by atomic mass is 10.1. The number of methoxy groups -OCH3 is 1. The third-order valence-electron chi connectivity index (χ3n) is 6.16. The number of carbonyl (C=O) groups excluding carboxylic acids is 3. The molecule has 2 aromatic heterocycles. The van der Waals surface area contributed by atoms with E-state index in [-0.39, 0.29) is 24.1 Å². The summed E-state index contributed by atoms with van der Waals surface area (Å²) in [5.41, 5.74) is 2.50. The van der Waals surface area contributed by atoms with Gasteiger partial charge in [0.1, 0.15) is 12.4 Å². The third-order valence-corrected chi connectivity index (χ3v) is 6.39. The molecule has 0 aliphatic carbocycles. The molecular formula is C26H24ClN9O5. The molecule has 3 heterocycles. The zero-order valence-corrected chi connectivity index (χ0v) is 22.5. The van der Waals surface area contributed by atoms with Crippen molar-refractivity contribution in [2.24, 2.45) is 0 Å². The summed E-state index contributed by atoms with van der Waals surface area (Å²) in [7, 11) is 1.25. The van der Waals surface area contributed by atoms with Crippen LogP contribution in [-0.2, 0) is 14.3 Å². The Morgan fingerprint density at radius 1 is 1.20 bits per heavy atom. The number of hydrogen-bond donors (Lipinski definition) is 3. The van der Waals surface area contributed by atoms with E-state index in [9.17, 15) is 14.4 Å². The molecule has 0 fully saturated rings. The van der Waals surface area contributed by atoms with E-state index in [1.807, 2.05) is 0 Å². The van der Waals surface area contributed by atoms with Gasteiger partial charge in [0.25, 0.3) is 0 Å². The monoisotopic (exact) mass is 577 g/mol. The van der Waals surface area contributed by atoms with Gasteiger partial charge in [0.15, 0.2) is 0 Å². The van der Waals surface area contributed by atoms with Gasteiger partial charge in [-0.05, 0) is 65.7 Å². The van der Waals surface area contributed by atoms with Crippen molar-refractivity contribution in [3.63, 3.8) is 0 Å². The molecule has 0 saturated heterocycles. The third kappa shape index (κ3) is 6.73. The van der Waals surface area contributed by atoms with Crippen LogP contribution < -0.4 is 16.0 Å². The summed E-state index contributed by atoms with van der Waals surface area (Å²) in [5.74, 6) is -0.264. The van der Waals surface area contributed by atoms with Crippen molar-refractivity contribution in [3.8, 4) is 17.1 Å². The van der Waals surface area contributed by atoms with Crippen LogP contribution in [0.15, 0.2) is 53.2 Å². The second-order valence-electron chi connectivity index (χ2n) is 8.97. The molecule has 210 valence electrons. The fraction of sp³-hybridized carbons (Fsp3) is 0.231. The minimum Gasteiger partial charge on any atom is -0.453 e. The number of hydrogen-bond acceptors (Lipinski definition) is 10. The number of ether oxygens (including phenoxy) is 1. The highest BCUT2D eigenvalue weighted by molar-refractivity contribution is 6.30. The van der Waals surface area contributed by atoms with Gasteiger partial charge in [-0.3, -0.25) is 14.9 Å². The van der Waals surface area contributed by atoms with Gasteiger partial charge in [-0.25, -0.2) is 4.79 Å². The van der Waals surface area contributed by atoms with Crippen molar-refractivity contribution < 1.29 is 23.5 Å². The van der Waals surface area contributed by atoms with E-state index in [0.717, 1.165) is 0 Å². The molecule has 4 aromatic rings. The van der Waals surface area contributed by atoms with Crippen LogP contribution in [0.4, 0.5) is 16.2 Å². The Kier molecular flexibility index (Phi) is 8.29. The smallest absolute Gasteiger partial charge is 0.411 e. The van der Waals surface area contributed by atoms with Gasteiger partial charge in [0, 0.05) is 28.8 Å². The summed E-state index contributed by atoms with van der Waals surface area (Å²) in [4.78, 5) is 37.3. The minimum atomic E-state index is -0.654. The maximum Gasteiger partial charge on any atom is 0.411 e. The molecule has 41 heavy (non-hydrogen) atoms. The Labute approximate surface area is 238 Å². The Bertz CT molecular complexity index is 1600. The number of fused-ring (bicyclic) bond motifs is 4. The summed E-state index contributed by atoms with van der Waals surface area (Å²) in [5, 5.41) is 28.3. The quantitative estimate of drug-likeness (QED) is 0.294. The first-order valence-electron chi connectivity index (χ1n) is 12.5. The van der Waals surface area contributed by atoms with Gasteiger partial charge >= 0.3 is 6.09 Å². The number of benzene rings is 2. The second kappa shape index (κ2) is 12.4. The molecule has 1 aliphatic rings. The molecule has 2 aromatic carbocycles. The van der Waals surface area contributed by atoms with Crippen LogP contribution in [0.2, 0.25) is 5.02 Å². The first-order valence-corrected chi connectivity index (χ1v) is 12.9. The number of halogens is 1. The molecule has 0 spiro atoms. The zero-order chi connectivity index (χ0) is 28.8. The molecule has 0 radical (unpaired) electrons. The highest BCUT2D eigenvalue weighted by Gasteiger charge is 2.23. The van der Waals surface area contributed by atoms with Gasteiger partial charge in [-0.1, -0.05) is 18.0 Å². The topological polar surface area (TPSA) is 179 Å². The van der Waals surface area contributed by atoms with Crippen LogP contribution in [0, 0.1) is 0 Å². The normalized spacial score (nSPS) is 15.3. The zero-order valence-electron chi connectivity index (χ0n) is 21.7. The molecule has 0 unspecified atom stereocenters. The van der Waals surface area contributed by atoms with Gasteiger partial charge in [0.2, 0.25) is 23.6 Å². The highest BCUT2D eigenvalue weighted by atomic mass is 35.5. The van der Waals surface area contributed by atoms with E-state index >= 15 is 0 Å². The van der Waals surface area contributed by atoms with Gasteiger partial charge in [0.05, 0.1) is 24.0 Å². The molecule has 3 amide bonds. The van der Waals surface area contributed by atoms with Gasteiger partial charge < -0.3 is 19.8 Å². The largest absolute Gasteiger partial charge is 0.453 e. The second-order valence-corrected chi connectivity index (χ2v) is 9.40. The molecule has 5 rings (SSSR count). The number of nitrogens with zero attached hydrogens (tertiary/aromatic N) is 6. The summed E-state index contributed by atoms with van der Waals surface area (Å²) < 4.78 is 12.1. The molecule has 1 atom stereocenters. The summed E-state index contributed by atoms with van der Waals surface area (Å²) in [6.45, 7) is 0. The van der Waals surface area contributed by atoms with Gasteiger partial charge in [-0.2, -0.15) is 4.68 Å². The van der Waals surface area contributed by atoms with E-state index in [1.54, 1.807) is 42.5 Å². The average Bonchev–Trinajstić information content (AvgIpc) is 3.66. The van der Waals surface area contributed by atoms with Crippen molar-refractivity contribution in [3.05, 3.63) is 65.3 Å². The van der Waals surface area contributed by atoms with Crippen LogP contribution in [0.1, 0.15) is 43.2 Å². The first-order chi connectivity index (χ1) is 19.9. The lowest BCUT2D eigenvalue weighted by Crippen LogP contribution is -2.27. The number of rotatable bonds is 5. The van der Waals surface area contributed by atoms with Crippen molar-refractivity contribution in [2.45, 2.75) is 31.7 Å². The van der Waals surface area contributed by atoms with Crippen LogP contribution in [0.3, 0.4) is 0 Å². The molecule has 14 nitrogen and oxygen atoms in total. The van der Waals surface area contributed by atoms with Crippen molar-refractivity contribution in [1.29, 1.82) is 0 Å². The van der Waals surface area contributed by atoms with E-state index in [1.165, 1.54) is 24.2 Å². The summed E-state index contributed by atoms with van der Waals surface area (Å²) in [6, 6.07) is 9.35. The molecule has 15 heteroatoms. The highest BCUT2D eigenvalue weighted by Crippen LogP contribution is 2.32. The van der Waals surface area contributed by atoms with Crippen LogP contribution in [0.5, 0.6) is 0 Å². The van der Waals surface area contributed by atoms with E-state index in [4.69, 9.17) is 16.0 Å². The Morgan fingerprint density at radius 2 is 2.07 bits per heavy atom. The lowest BCUT2D eigenvalue weighted by molar-refractivity contribution is -0.118. The molecule has 2 bridgehead atoms. The van der Waals surface area contributed by atoms with E-state index in [2.05, 4.69) is 46.4 Å². The number of carbonyl (C=O) groups is 3. The Morgan fingerprint density at radius 3 is 2.88 bits per heavy atom. The van der Waals surface area contributed by atoms with Crippen molar-refractivity contribution in [2.75, 3.05) is 17.7 Å². The number of tetrazole rings is 1. The molecule has 0 saturated carbocycles. The fourth-order valence-electron chi connectivity index (χ4n) is 4.19. The number of amides is 3. The predicted molar refractivity (Wildman–Crippen MR) is 147 cm³/mol. The Hall–Kier alpha value is -5.11. The molecule has 1 aliphatic heterocycles. The lowest BCUT2D eigenvalue weighted by Gasteiger charge is -2.16. The van der Waals surface area contributed by atoms with Gasteiger partial charge in [-0.15, -0.1) is 15.3 Å². The Balaban J connectivity index is 1.38. The van der Waals surface area contributed by atoms with Crippen LogP contribution >= 0.6 is 11.6 Å². The first kappa shape index (κ1) is 27.5. The van der Waals surface area contributed by atoms with Crippen molar-refractivity contribution >= 4 is 47.0 Å². The number of nitrogens with one attached hydrogen (secondary N) is 3. The SMILES string of the molecule is COC(=O)Nc1ccc2c(c1)NC(=O)CCCC[C@H](NC(=O)/C=C/c1cc(Cl)ccc1-n1cnnn1)c1nnc-2o1. The van der Waals surface area contributed by atoms with Crippen molar-refractivity contribution in [1.82, 2.24) is 35.7 Å². The standard InChI is InChI=1S/C26H24ClN9O5/c1-40-26(39)29-17-8-9-18-20(13-17)31-22(37)5-3-2-4-19(25-33-32-24(18)41-25)30-23(38)11-6-15-12-16(27)7-10-21(15)36-14-28-34-35-36/h6-14,19H,2-5H2,1H3,(H,29,39)(H,30,38)(H,31,37)/b11-6+/t19-/m0/s1. The number of anilines is 2. The number of aromatic nitrogens is 6.